The van der Waals surface area contributed by atoms with Crippen LogP contribution < -0.4 is 5.56 Å². The van der Waals surface area contributed by atoms with E-state index in [0.29, 0.717) is 6.54 Å². The van der Waals surface area contributed by atoms with Crippen LogP contribution in [0.15, 0.2) is 35.6 Å². The van der Waals surface area contributed by atoms with E-state index in [-0.39, 0.29) is 23.9 Å². The summed E-state index contributed by atoms with van der Waals surface area (Å²) in [7, 11) is 1.80. The number of fused-ring (bicyclic) bond motifs is 3. The van der Waals surface area contributed by atoms with Gasteiger partial charge in [-0.15, -0.1) is 11.3 Å². The summed E-state index contributed by atoms with van der Waals surface area (Å²) in [5.74, 6) is 0.00339. The summed E-state index contributed by atoms with van der Waals surface area (Å²) >= 11 is 1.65. The summed E-state index contributed by atoms with van der Waals surface area (Å²) < 4.78 is 1.59. The lowest BCUT2D eigenvalue weighted by Gasteiger charge is -2.25. The van der Waals surface area contributed by atoms with Gasteiger partial charge in [-0.2, -0.15) is 0 Å². The molecular formula is C21H24N4O2S. The Kier molecular flexibility index (Phi) is 5.26. The van der Waals surface area contributed by atoms with E-state index in [4.69, 9.17) is 0 Å². The van der Waals surface area contributed by atoms with Crippen molar-refractivity contribution in [3.63, 3.8) is 0 Å². The number of rotatable bonds is 5. The fourth-order valence-electron chi connectivity index (χ4n) is 3.81. The fourth-order valence-corrected chi connectivity index (χ4v) is 5.03. The van der Waals surface area contributed by atoms with Crippen LogP contribution in [-0.4, -0.2) is 32.4 Å². The highest BCUT2D eigenvalue weighted by atomic mass is 32.1. The first-order valence-electron chi connectivity index (χ1n) is 9.71. The Bertz CT molecular complexity index is 1060. The first kappa shape index (κ1) is 18.8. The molecule has 1 atom stereocenters. The van der Waals surface area contributed by atoms with Gasteiger partial charge in [0.05, 0.1) is 17.8 Å². The maximum atomic E-state index is 13.0. The highest BCUT2D eigenvalue weighted by molar-refractivity contribution is 7.18. The number of hydrogen-bond donors (Lipinski definition) is 0. The van der Waals surface area contributed by atoms with Gasteiger partial charge >= 0.3 is 0 Å². The normalized spacial score (nSPS) is 14.6. The van der Waals surface area contributed by atoms with Gasteiger partial charge in [-0.1, -0.05) is 0 Å². The van der Waals surface area contributed by atoms with Crippen molar-refractivity contribution in [1.82, 2.24) is 19.4 Å². The molecule has 1 aliphatic rings. The third-order valence-electron chi connectivity index (χ3n) is 5.67. The number of nitrogens with zero attached hydrogens (tertiary/aromatic N) is 4. The molecule has 1 amide bonds. The second-order valence-electron chi connectivity index (χ2n) is 7.35. The van der Waals surface area contributed by atoms with Crippen LogP contribution in [0.3, 0.4) is 0 Å². The van der Waals surface area contributed by atoms with Crippen molar-refractivity contribution < 1.29 is 4.79 Å². The standard InChI is InChI=1S/C21H24N4O2S/c1-14(15-7-10-22-11-8-15)24(2)18(26)9-12-25-13-23-20-19(21(25)27)16-5-3-4-6-17(16)28-20/h7-8,10-11,13-14H,3-6,9,12H2,1-2H3. The van der Waals surface area contributed by atoms with Gasteiger partial charge in [-0.25, -0.2) is 4.98 Å². The Hall–Kier alpha value is -2.54. The van der Waals surface area contributed by atoms with Crippen LogP contribution in [0.5, 0.6) is 0 Å². The molecule has 3 heterocycles. The molecule has 7 heteroatoms. The van der Waals surface area contributed by atoms with Crippen molar-refractivity contribution in [2.75, 3.05) is 7.05 Å². The number of amides is 1. The van der Waals surface area contributed by atoms with Gasteiger partial charge in [0.25, 0.3) is 5.56 Å². The highest BCUT2D eigenvalue weighted by Gasteiger charge is 2.21. The Balaban J connectivity index is 1.50. The molecule has 0 saturated heterocycles. The minimum Gasteiger partial charge on any atom is -0.339 e. The molecule has 0 spiro atoms. The third kappa shape index (κ3) is 3.46. The quantitative estimate of drug-likeness (QED) is 0.663. The van der Waals surface area contributed by atoms with Crippen molar-refractivity contribution in [2.24, 2.45) is 0 Å². The van der Waals surface area contributed by atoms with Gasteiger partial charge in [0.1, 0.15) is 4.83 Å². The third-order valence-corrected chi connectivity index (χ3v) is 6.87. The molecule has 0 aromatic carbocycles. The van der Waals surface area contributed by atoms with Crippen LogP contribution in [0, 0.1) is 0 Å². The van der Waals surface area contributed by atoms with E-state index in [2.05, 4.69) is 9.97 Å². The summed E-state index contributed by atoms with van der Waals surface area (Å²) in [6.45, 7) is 2.34. The van der Waals surface area contributed by atoms with Gasteiger partial charge in [0.2, 0.25) is 5.91 Å². The molecule has 0 radical (unpaired) electrons. The predicted octanol–water partition coefficient (Wildman–Crippen LogP) is 3.34. The van der Waals surface area contributed by atoms with E-state index in [9.17, 15) is 9.59 Å². The average Bonchev–Trinajstić information content (AvgIpc) is 3.12. The van der Waals surface area contributed by atoms with Crippen molar-refractivity contribution in [3.05, 3.63) is 57.2 Å². The summed E-state index contributed by atoms with van der Waals surface area (Å²) in [5, 5.41) is 0.771. The van der Waals surface area contributed by atoms with Crippen LogP contribution >= 0.6 is 11.3 Å². The second-order valence-corrected chi connectivity index (χ2v) is 8.43. The van der Waals surface area contributed by atoms with E-state index < -0.39 is 0 Å². The van der Waals surface area contributed by atoms with Gasteiger partial charge in [0, 0.05) is 37.3 Å². The van der Waals surface area contributed by atoms with E-state index in [0.717, 1.165) is 35.0 Å². The number of thiophene rings is 1. The molecule has 6 nitrogen and oxygen atoms in total. The van der Waals surface area contributed by atoms with Crippen LogP contribution in [-0.2, 0) is 24.2 Å². The lowest BCUT2D eigenvalue weighted by molar-refractivity contribution is -0.132. The first-order valence-corrected chi connectivity index (χ1v) is 10.5. The Morgan fingerprint density at radius 2 is 2.04 bits per heavy atom. The molecule has 0 fully saturated rings. The summed E-state index contributed by atoms with van der Waals surface area (Å²) in [5.41, 5.74) is 2.21. The number of pyridine rings is 1. The number of aromatic nitrogens is 3. The van der Waals surface area contributed by atoms with E-state index >= 15 is 0 Å². The average molecular weight is 397 g/mol. The number of carbonyl (C=O) groups is 1. The van der Waals surface area contributed by atoms with E-state index in [1.54, 1.807) is 46.6 Å². The van der Waals surface area contributed by atoms with E-state index in [1.165, 1.54) is 16.9 Å². The molecular weight excluding hydrogens is 372 g/mol. The number of aryl methyl sites for hydroxylation is 3. The molecule has 0 aliphatic heterocycles. The summed E-state index contributed by atoms with van der Waals surface area (Å²) in [4.78, 5) is 38.1. The molecule has 146 valence electrons. The monoisotopic (exact) mass is 396 g/mol. The van der Waals surface area contributed by atoms with Gasteiger partial charge in [-0.3, -0.25) is 19.1 Å². The van der Waals surface area contributed by atoms with Crippen molar-refractivity contribution in [3.8, 4) is 0 Å². The predicted molar refractivity (Wildman–Crippen MR) is 111 cm³/mol. The number of hydrogen-bond acceptors (Lipinski definition) is 5. The summed E-state index contributed by atoms with van der Waals surface area (Å²) in [6, 6.07) is 3.78. The maximum absolute atomic E-state index is 13.0. The molecule has 1 aliphatic carbocycles. The minimum absolute atomic E-state index is 0.00339. The van der Waals surface area contributed by atoms with Gasteiger partial charge in [0.15, 0.2) is 0 Å². The second kappa shape index (κ2) is 7.83. The molecule has 0 N–H and O–H groups in total. The zero-order valence-electron chi connectivity index (χ0n) is 16.2. The van der Waals surface area contributed by atoms with Crippen molar-refractivity contribution in [2.45, 2.75) is 51.6 Å². The number of carbonyl (C=O) groups excluding carboxylic acids is 1. The highest BCUT2D eigenvalue weighted by Crippen LogP contribution is 2.33. The molecule has 0 bridgehead atoms. The van der Waals surface area contributed by atoms with Crippen LogP contribution in [0.25, 0.3) is 10.2 Å². The fraction of sp³-hybridized carbons (Fsp3) is 0.429. The van der Waals surface area contributed by atoms with Crippen LogP contribution in [0.1, 0.15) is 48.2 Å². The smallest absolute Gasteiger partial charge is 0.262 e. The molecule has 28 heavy (non-hydrogen) atoms. The van der Waals surface area contributed by atoms with E-state index in [1.807, 2.05) is 19.1 Å². The largest absolute Gasteiger partial charge is 0.339 e. The Labute approximate surface area is 167 Å². The lowest BCUT2D eigenvalue weighted by atomic mass is 9.97. The van der Waals surface area contributed by atoms with Gasteiger partial charge < -0.3 is 4.90 Å². The molecule has 3 aromatic heterocycles. The molecule has 4 rings (SSSR count). The van der Waals surface area contributed by atoms with Crippen molar-refractivity contribution in [1.29, 1.82) is 0 Å². The first-order chi connectivity index (χ1) is 13.6. The Morgan fingerprint density at radius 3 is 2.82 bits per heavy atom. The van der Waals surface area contributed by atoms with Crippen LogP contribution in [0.2, 0.25) is 0 Å². The van der Waals surface area contributed by atoms with Gasteiger partial charge in [-0.05, 0) is 55.9 Å². The zero-order chi connectivity index (χ0) is 19.7. The topological polar surface area (TPSA) is 68.1 Å². The SMILES string of the molecule is CC(c1ccncc1)N(C)C(=O)CCn1cnc2sc3c(c2c1=O)CCCC3. The maximum Gasteiger partial charge on any atom is 0.262 e. The zero-order valence-corrected chi connectivity index (χ0v) is 17.0. The van der Waals surface area contributed by atoms with Crippen molar-refractivity contribution >= 4 is 27.5 Å². The summed E-state index contributed by atoms with van der Waals surface area (Å²) in [6.07, 6.45) is 9.64. The Morgan fingerprint density at radius 1 is 1.29 bits per heavy atom. The molecule has 0 saturated carbocycles. The van der Waals surface area contributed by atoms with Crippen LogP contribution in [0.4, 0.5) is 0 Å². The lowest BCUT2D eigenvalue weighted by Crippen LogP contribution is -2.31. The molecule has 1 unspecified atom stereocenters. The minimum atomic E-state index is -0.0447. The molecule has 3 aromatic rings.